The first-order chi connectivity index (χ1) is 17.9. The number of aromatic carboxylic acids is 1. The van der Waals surface area contributed by atoms with Crippen molar-refractivity contribution in [1.82, 2.24) is 30.5 Å². The van der Waals surface area contributed by atoms with Gasteiger partial charge in [-0.15, -0.1) is 5.10 Å². The summed E-state index contributed by atoms with van der Waals surface area (Å²) in [4.78, 5) is 28.0. The summed E-state index contributed by atoms with van der Waals surface area (Å²) in [6.07, 6.45) is 5.58. The van der Waals surface area contributed by atoms with E-state index in [2.05, 4.69) is 31.1 Å². The number of hydrogen-bond donors (Lipinski definition) is 3. The molecule has 0 aliphatic rings. The standard InChI is InChI=1S/C25H21ClFN7O3/c26-20-8-9-21(34-15-30-32-33-34)19(24(20)27)7-11-23(35)31-18(12-16-4-2-1-3-5-16)14-29-22-10-6-17(13-28-22)25(36)37/h1-11,13,15,18H,12,14H2,(H,28,29)(H,31,35)(H,36,37)/b11-7+/t18-/m0/s1. The molecule has 2 heterocycles. The van der Waals surface area contributed by atoms with Gasteiger partial charge in [-0.1, -0.05) is 41.9 Å². The minimum Gasteiger partial charge on any atom is -0.478 e. The van der Waals surface area contributed by atoms with Crippen molar-refractivity contribution in [2.45, 2.75) is 12.5 Å². The number of carbonyl (C=O) groups is 2. The number of carboxylic acids is 1. The molecule has 37 heavy (non-hydrogen) atoms. The fraction of sp³-hybridized carbons (Fsp3) is 0.120. The van der Waals surface area contributed by atoms with E-state index in [1.807, 2.05) is 30.3 Å². The first-order valence-corrected chi connectivity index (χ1v) is 11.5. The Labute approximate surface area is 215 Å². The molecule has 0 unspecified atom stereocenters. The lowest BCUT2D eigenvalue weighted by atomic mass is 10.1. The van der Waals surface area contributed by atoms with E-state index in [1.54, 1.807) is 12.1 Å². The quantitative estimate of drug-likeness (QED) is 0.270. The molecule has 188 valence electrons. The number of carboxylic acid groups (broad SMARTS) is 1. The number of benzene rings is 2. The van der Waals surface area contributed by atoms with Crippen LogP contribution >= 0.6 is 11.6 Å². The summed E-state index contributed by atoms with van der Waals surface area (Å²) in [5.41, 5.74) is 1.43. The van der Waals surface area contributed by atoms with Crippen molar-refractivity contribution < 1.29 is 19.1 Å². The van der Waals surface area contributed by atoms with Crippen LogP contribution in [0.15, 0.2) is 73.2 Å². The zero-order valence-corrected chi connectivity index (χ0v) is 20.0. The Kier molecular flexibility index (Phi) is 8.16. The topological polar surface area (TPSA) is 135 Å². The maximum absolute atomic E-state index is 14.8. The third-order valence-electron chi connectivity index (χ3n) is 5.32. The summed E-state index contributed by atoms with van der Waals surface area (Å²) < 4.78 is 16.1. The van der Waals surface area contributed by atoms with Gasteiger partial charge in [-0.2, -0.15) is 4.68 Å². The number of tetrazole rings is 1. The molecule has 0 bridgehead atoms. The van der Waals surface area contributed by atoms with Gasteiger partial charge in [-0.3, -0.25) is 4.79 Å². The van der Waals surface area contributed by atoms with Crippen LogP contribution in [0.4, 0.5) is 10.2 Å². The number of carbonyl (C=O) groups excluding carboxylic acids is 1. The van der Waals surface area contributed by atoms with Crippen LogP contribution in [0.5, 0.6) is 0 Å². The number of nitrogens with one attached hydrogen (secondary N) is 2. The van der Waals surface area contributed by atoms with Crippen LogP contribution in [0, 0.1) is 5.82 Å². The van der Waals surface area contributed by atoms with E-state index in [9.17, 15) is 14.0 Å². The molecule has 4 aromatic rings. The third-order valence-corrected chi connectivity index (χ3v) is 5.61. The molecular weight excluding hydrogens is 501 g/mol. The SMILES string of the molecule is O=C(/C=C/c1c(-n2cnnn2)ccc(Cl)c1F)N[C@H](CNc1ccc(C(=O)O)cn1)Cc1ccccc1. The van der Waals surface area contributed by atoms with Crippen LogP contribution in [-0.4, -0.2) is 54.8 Å². The van der Waals surface area contributed by atoms with Gasteiger partial charge in [0.2, 0.25) is 5.91 Å². The lowest BCUT2D eigenvalue weighted by molar-refractivity contribution is -0.117. The number of hydrogen-bond acceptors (Lipinski definition) is 7. The average Bonchev–Trinajstić information content (AvgIpc) is 3.44. The van der Waals surface area contributed by atoms with E-state index in [-0.39, 0.29) is 22.2 Å². The van der Waals surface area contributed by atoms with Crippen molar-refractivity contribution in [2.24, 2.45) is 0 Å². The van der Waals surface area contributed by atoms with Crippen LogP contribution in [0.3, 0.4) is 0 Å². The normalized spacial score (nSPS) is 11.8. The van der Waals surface area contributed by atoms with Crippen molar-refractivity contribution in [3.63, 3.8) is 0 Å². The minimum atomic E-state index is -1.07. The van der Waals surface area contributed by atoms with Gasteiger partial charge in [0.25, 0.3) is 0 Å². The highest BCUT2D eigenvalue weighted by Gasteiger charge is 2.15. The Morgan fingerprint density at radius 1 is 1.14 bits per heavy atom. The molecule has 2 aromatic heterocycles. The first-order valence-electron chi connectivity index (χ1n) is 11.1. The zero-order valence-electron chi connectivity index (χ0n) is 19.3. The molecule has 0 radical (unpaired) electrons. The van der Waals surface area contributed by atoms with Crippen molar-refractivity contribution >= 4 is 35.4 Å². The van der Waals surface area contributed by atoms with Crippen LogP contribution in [0.25, 0.3) is 11.8 Å². The minimum absolute atomic E-state index is 0.0513. The molecule has 4 rings (SSSR count). The van der Waals surface area contributed by atoms with Crippen LogP contribution in [0.1, 0.15) is 21.5 Å². The summed E-state index contributed by atoms with van der Waals surface area (Å²) in [5.74, 6) is -1.78. The monoisotopic (exact) mass is 521 g/mol. The van der Waals surface area contributed by atoms with Crippen molar-refractivity contribution in [1.29, 1.82) is 0 Å². The largest absolute Gasteiger partial charge is 0.478 e. The van der Waals surface area contributed by atoms with Gasteiger partial charge < -0.3 is 15.7 Å². The highest BCUT2D eigenvalue weighted by Crippen LogP contribution is 2.25. The van der Waals surface area contributed by atoms with Gasteiger partial charge in [0.05, 0.1) is 22.3 Å². The zero-order chi connectivity index (χ0) is 26.2. The fourth-order valence-corrected chi connectivity index (χ4v) is 3.68. The van der Waals surface area contributed by atoms with Gasteiger partial charge >= 0.3 is 5.97 Å². The molecule has 3 N–H and O–H groups in total. The van der Waals surface area contributed by atoms with E-state index in [4.69, 9.17) is 16.7 Å². The Hall–Kier alpha value is -4.64. The summed E-state index contributed by atoms with van der Waals surface area (Å²) in [5, 5.41) is 25.8. The smallest absolute Gasteiger partial charge is 0.337 e. The number of anilines is 1. The lowest BCUT2D eigenvalue weighted by Gasteiger charge is -2.19. The summed E-state index contributed by atoms with van der Waals surface area (Å²) in [7, 11) is 0. The Bertz CT molecular complexity index is 1400. The number of pyridine rings is 1. The summed E-state index contributed by atoms with van der Waals surface area (Å²) >= 11 is 5.95. The molecule has 0 saturated carbocycles. The van der Waals surface area contributed by atoms with Gasteiger partial charge in [-0.25, -0.2) is 14.2 Å². The number of amides is 1. The molecule has 0 aliphatic heterocycles. The average molecular weight is 522 g/mol. The van der Waals surface area contributed by atoms with Crippen molar-refractivity contribution in [3.05, 3.63) is 101 Å². The van der Waals surface area contributed by atoms with Gasteiger partial charge in [0, 0.05) is 24.4 Å². The molecular formula is C25H21ClFN7O3. The number of aromatic nitrogens is 5. The predicted octanol–water partition coefficient (Wildman–Crippen LogP) is 3.40. The van der Waals surface area contributed by atoms with Gasteiger partial charge in [0.1, 0.15) is 12.1 Å². The second-order valence-electron chi connectivity index (χ2n) is 7.90. The Morgan fingerprint density at radius 3 is 2.62 bits per heavy atom. The molecule has 12 heteroatoms. The van der Waals surface area contributed by atoms with E-state index in [0.29, 0.717) is 24.5 Å². The fourth-order valence-electron chi connectivity index (χ4n) is 3.52. The van der Waals surface area contributed by atoms with Crippen molar-refractivity contribution in [3.8, 4) is 5.69 Å². The molecule has 0 aliphatic carbocycles. The first kappa shape index (κ1) is 25.5. The second kappa shape index (κ2) is 11.9. The molecule has 1 amide bonds. The molecule has 0 saturated heterocycles. The van der Waals surface area contributed by atoms with Gasteiger partial charge in [-0.05, 0) is 52.8 Å². The molecule has 10 nitrogen and oxygen atoms in total. The number of halogens is 2. The maximum atomic E-state index is 14.8. The van der Waals surface area contributed by atoms with E-state index < -0.39 is 17.7 Å². The highest BCUT2D eigenvalue weighted by atomic mass is 35.5. The predicted molar refractivity (Wildman–Crippen MR) is 135 cm³/mol. The lowest BCUT2D eigenvalue weighted by Crippen LogP contribution is -2.40. The van der Waals surface area contributed by atoms with Gasteiger partial charge in [0.15, 0.2) is 5.82 Å². The summed E-state index contributed by atoms with van der Waals surface area (Å²) in [6.45, 7) is 0.301. The third kappa shape index (κ3) is 6.73. The number of rotatable bonds is 10. The van der Waals surface area contributed by atoms with E-state index in [0.717, 1.165) is 5.56 Å². The van der Waals surface area contributed by atoms with Crippen LogP contribution in [0.2, 0.25) is 5.02 Å². The summed E-state index contributed by atoms with van der Waals surface area (Å²) in [6, 6.07) is 15.1. The highest BCUT2D eigenvalue weighted by molar-refractivity contribution is 6.31. The Morgan fingerprint density at radius 2 is 1.95 bits per heavy atom. The molecule has 1 atom stereocenters. The van der Waals surface area contributed by atoms with E-state index >= 15 is 0 Å². The molecule has 2 aromatic carbocycles. The second-order valence-corrected chi connectivity index (χ2v) is 8.30. The molecule has 0 spiro atoms. The number of nitrogens with zero attached hydrogens (tertiary/aromatic N) is 5. The molecule has 0 fully saturated rings. The van der Waals surface area contributed by atoms with Crippen LogP contribution < -0.4 is 10.6 Å². The Balaban J connectivity index is 1.50. The maximum Gasteiger partial charge on any atom is 0.337 e. The van der Waals surface area contributed by atoms with Crippen LogP contribution in [-0.2, 0) is 11.2 Å². The van der Waals surface area contributed by atoms with Crippen molar-refractivity contribution in [2.75, 3.05) is 11.9 Å². The van der Waals surface area contributed by atoms with E-state index in [1.165, 1.54) is 41.5 Å².